The molecule has 0 spiro atoms. The minimum absolute atomic E-state index is 0.0579. The van der Waals surface area contributed by atoms with Crippen molar-refractivity contribution in [2.24, 2.45) is 0 Å². The molecule has 0 aromatic heterocycles. The lowest BCUT2D eigenvalue weighted by molar-refractivity contribution is -0.117. The molecule has 2 aromatic rings. The molecule has 8 heteroatoms. The number of carbonyl (C=O) groups is 2. The van der Waals surface area contributed by atoms with Crippen LogP contribution < -0.4 is 24.4 Å². The number of carbonyl (C=O) groups excluding carboxylic acids is 2. The molecule has 3 rings (SSSR count). The van der Waals surface area contributed by atoms with Crippen molar-refractivity contribution in [3.05, 3.63) is 47.0 Å². The molecule has 0 saturated carbocycles. The number of nitrogens with one attached hydrogen (secondary N) is 1. The quantitative estimate of drug-likeness (QED) is 0.801. The molecule has 2 aromatic carbocycles. The van der Waals surface area contributed by atoms with Gasteiger partial charge in [-0.05, 0) is 36.4 Å². The molecule has 0 aliphatic carbocycles. The lowest BCUT2D eigenvalue weighted by atomic mass is 10.1. The van der Waals surface area contributed by atoms with Crippen LogP contribution >= 0.6 is 11.6 Å². The van der Waals surface area contributed by atoms with E-state index in [1.165, 1.54) is 21.3 Å². The van der Waals surface area contributed by atoms with Gasteiger partial charge in [-0.3, -0.25) is 9.59 Å². The van der Waals surface area contributed by atoms with Crippen molar-refractivity contribution < 1.29 is 23.8 Å². The number of hydrogen-bond acceptors (Lipinski definition) is 5. The third kappa shape index (κ3) is 3.99. The van der Waals surface area contributed by atoms with Crippen LogP contribution in [0.4, 0.5) is 5.69 Å². The Bertz CT molecular complexity index is 860. The van der Waals surface area contributed by atoms with E-state index in [-0.39, 0.29) is 24.3 Å². The highest BCUT2D eigenvalue weighted by molar-refractivity contribution is 6.30. The maximum atomic E-state index is 12.7. The number of amides is 2. The number of ether oxygens (including phenoxy) is 3. The van der Waals surface area contributed by atoms with Gasteiger partial charge < -0.3 is 24.4 Å². The smallest absolute Gasteiger partial charge is 0.251 e. The van der Waals surface area contributed by atoms with Gasteiger partial charge in [0.25, 0.3) is 5.91 Å². The molecule has 28 heavy (non-hydrogen) atoms. The van der Waals surface area contributed by atoms with Gasteiger partial charge in [-0.15, -0.1) is 0 Å². The summed E-state index contributed by atoms with van der Waals surface area (Å²) in [4.78, 5) is 26.7. The normalized spacial score (nSPS) is 16.1. The van der Waals surface area contributed by atoms with Crippen LogP contribution in [0.5, 0.6) is 17.2 Å². The van der Waals surface area contributed by atoms with Crippen molar-refractivity contribution in [3.63, 3.8) is 0 Å². The van der Waals surface area contributed by atoms with Crippen molar-refractivity contribution >= 4 is 29.1 Å². The third-order valence-corrected chi connectivity index (χ3v) is 4.78. The summed E-state index contributed by atoms with van der Waals surface area (Å²) in [5.74, 6) is 0.800. The molecule has 1 aliphatic rings. The molecule has 0 radical (unpaired) electrons. The Morgan fingerprint density at radius 3 is 2.21 bits per heavy atom. The van der Waals surface area contributed by atoms with E-state index in [0.717, 1.165) is 5.69 Å². The van der Waals surface area contributed by atoms with Crippen LogP contribution in [0.15, 0.2) is 36.4 Å². The summed E-state index contributed by atoms with van der Waals surface area (Å²) < 4.78 is 15.8. The Morgan fingerprint density at radius 1 is 1.07 bits per heavy atom. The van der Waals surface area contributed by atoms with Crippen molar-refractivity contribution in [3.8, 4) is 17.2 Å². The fraction of sp³-hybridized carbons (Fsp3) is 0.300. The van der Waals surface area contributed by atoms with Gasteiger partial charge >= 0.3 is 0 Å². The topological polar surface area (TPSA) is 77.1 Å². The first-order valence-electron chi connectivity index (χ1n) is 8.63. The van der Waals surface area contributed by atoms with Crippen LogP contribution in [0, 0.1) is 0 Å². The number of hydrogen-bond donors (Lipinski definition) is 1. The van der Waals surface area contributed by atoms with E-state index in [9.17, 15) is 9.59 Å². The molecule has 1 fully saturated rings. The number of methoxy groups -OCH3 is 3. The average molecular weight is 405 g/mol. The maximum absolute atomic E-state index is 12.7. The van der Waals surface area contributed by atoms with Crippen LogP contribution in [0.3, 0.4) is 0 Å². The van der Waals surface area contributed by atoms with Crippen LogP contribution in [-0.4, -0.2) is 45.7 Å². The molecule has 1 heterocycles. The summed E-state index contributed by atoms with van der Waals surface area (Å²) in [5, 5.41) is 3.50. The molecule has 1 aliphatic heterocycles. The Balaban J connectivity index is 1.75. The summed E-state index contributed by atoms with van der Waals surface area (Å²) in [5.41, 5.74) is 1.10. The summed E-state index contributed by atoms with van der Waals surface area (Å²) in [6, 6.07) is 9.86. The third-order valence-electron chi connectivity index (χ3n) is 4.53. The highest BCUT2D eigenvalue weighted by Gasteiger charge is 2.32. The second-order valence-corrected chi connectivity index (χ2v) is 6.71. The molecule has 1 N–H and O–H groups in total. The first-order valence-corrected chi connectivity index (χ1v) is 9.01. The average Bonchev–Trinajstić information content (AvgIpc) is 3.07. The van der Waals surface area contributed by atoms with E-state index >= 15 is 0 Å². The van der Waals surface area contributed by atoms with E-state index < -0.39 is 0 Å². The minimum Gasteiger partial charge on any atom is -0.493 e. The summed E-state index contributed by atoms with van der Waals surface area (Å²) >= 11 is 5.90. The Hall–Kier alpha value is -2.93. The molecule has 1 atom stereocenters. The Labute approximate surface area is 168 Å². The maximum Gasteiger partial charge on any atom is 0.251 e. The summed E-state index contributed by atoms with van der Waals surface area (Å²) in [6.07, 6.45) is 0.221. The number of benzene rings is 2. The zero-order valence-electron chi connectivity index (χ0n) is 15.8. The Kier molecular flexibility index (Phi) is 5.94. The molecule has 0 unspecified atom stereocenters. The number of nitrogens with zero attached hydrogens (tertiary/aromatic N) is 1. The first-order chi connectivity index (χ1) is 13.5. The molecule has 0 bridgehead atoms. The van der Waals surface area contributed by atoms with Gasteiger partial charge in [-0.2, -0.15) is 0 Å². The van der Waals surface area contributed by atoms with Crippen molar-refractivity contribution in [1.82, 2.24) is 5.32 Å². The standard InChI is InChI=1S/C20H21ClN2O5/c1-26-16-8-12(9-17(27-2)19(16)28-3)20(25)22-14-10-18(24)23(11-14)15-6-4-13(21)5-7-15/h4-9,14H,10-11H2,1-3H3,(H,22,25)/t14-/m1/s1. The predicted octanol–water partition coefficient (Wildman–Crippen LogP) is 2.90. The van der Waals surface area contributed by atoms with Gasteiger partial charge in [0.05, 0.1) is 27.4 Å². The second kappa shape index (κ2) is 8.39. The van der Waals surface area contributed by atoms with Gasteiger partial charge in [-0.25, -0.2) is 0 Å². The van der Waals surface area contributed by atoms with Crippen molar-refractivity contribution in [2.45, 2.75) is 12.5 Å². The van der Waals surface area contributed by atoms with E-state index in [0.29, 0.717) is 34.4 Å². The monoisotopic (exact) mass is 404 g/mol. The zero-order valence-corrected chi connectivity index (χ0v) is 16.6. The molecule has 2 amide bonds. The minimum atomic E-state index is -0.324. The Morgan fingerprint density at radius 2 is 1.68 bits per heavy atom. The molecule has 148 valence electrons. The highest BCUT2D eigenvalue weighted by atomic mass is 35.5. The lowest BCUT2D eigenvalue weighted by Crippen LogP contribution is -2.37. The van der Waals surface area contributed by atoms with Crippen LogP contribution in [0.1, 0.15) is 16.8 Å². The van der Waals surface area contributed by atoms with Crippen molar-refractivity contribution in [2.75, 3.05) is 32.8 Å². The molecule has 7 nitrogen and oxygen atoms in total. The number of rotatable bonds is 6. The summed E-state index contributed by atoms with van der Waals surface area (Å²) in [6.45, 7) is 0.386. The van der Waals surface area contributed by atoms with Gasteiger partial charge in [0.15, 0.2) is 11.5 Å². The first kappa shape index (κ1) is 19.8. The molecule has 1 saturated heterocycles. The van der Waals surface area contributed by atoms with Crippen LogP contribution in [-0.2, 0) is 4.79 Å². The predicted molar refractivity (Wildman–Crippen MR) is 106 cm³/mol. The van der Waals surface area contributed by atoms with E-state index in [2.05, 4.69) is 5.32 Å². The number of halogens is 1. The second-order valence-electron chi connectivity index (χ2n) is 6.27. The van der Waals surface area contributed by atoms with E-state index in [1.807, 2.05) is 0 Å². The van der Waals surface area contributed by atoms with Crippen LogP contribution in [0.2, 0.25) is 5.02 Å². The molecular formula is C20H21ClN2O5. The fourth-order valence-corrected chi connectivity index (χ4v) is 3.28. The van der Waals surface area contributed by atoms with Gasteiger partial charge in [0.2, 0.25) is 11.7 Å². The van der Waals surface area contributed by atoms with Gasteiger partial charge in [0.1, 0.15) is 0 Å². The zero-order chi connectivity index (χ0) is 20.3. The lowest BCUT2D eigenvalue weighted by Gasteiger charge is -2.18. The largest absolute Gasteiger partial charge is 0.493 e. The number of anilines is 1. The molecular weight excluding hydrogens is 384 g/mol. The van der Waals surface area contributed by atoms with Gasteiger partial charge in [-0.1, -0.05) is 11.6 Å². The van der Waals surface area contributed by atoms with E-state index in [1.54, 1.807) is 41.3 Å². The van der Waals surface area contributed by atoms with Gasteiger partial charge in [0, 0.05) is 29.2 Å². The van der Waals surface area contributed by atoms with E-state index in [4.69, 9.17) is 25.8 Å². The van der Waals surface area contributed by atoms with Crippen LogP contribution in [0.25, 0.3) is 0 Å². The van der Waals surface area contributed by atoms with Crippen molar-refractivity contribution in [1.29, 1.82) is 0 Å². The SMILES string of the molecule is COc1cc(C(=O)N[C@@H]2CC(=O)N(c3ccc(Cl)cc3)C2)cc(OC)c1OC. The highest BCUT2D eigenvalue weighted by Crippen LogP contribution is 2.38. The fourth-order valence-electron chi connectivity index (χ4n) is 3.16. The summed E-state index contributed by atoms with van der Waals surface area (Å²) in [7, 11) is 4.47.